The lowest BCUT2D eigenvalue weighted by molar-refractivity contribution is 0.102. The third-order valence-electron chi connectivity index (χ3n) is 2.72. The van der Waals surface area contributed by atoms with Gasteiger partial charge in [0.25, 0.3) is 5.91 Å². The number of carbonyl (C=O) groups excluding carboxylic acids is 1. The van der Waals surface area contributed by atoms with Crippen LogP contribution < -0.4 is 10.6 Å². The fourth-order valence-corrected chi connectivity index (χ4v) is 2.13. The van der Waals surface area contributed by atoms with Crippen molar-refractivity contribution in [1.29, 1.82) is 0 Å². The molecule has 0 aliphatic heterocycles. The molecule has 1 amide bonds. The number of benzene rings is 1. The van der Waals surface area contributed by atoms with Crippen molar-refractivity contribution in [3.8, 4) is 0 Å². The summed E-state index contributed by atoms with van der Waals surface area (Å²) >= 11 is 3.35. The summed E-state index contributed by atoms with van der Waals surface area (Å²) in [4.78, 5) is 16.3. The third-order valence-corrected chi connectivity index (χ3v) is 3.41. The number of hydrogen-bond acceptors (Lipinski definition) is 4. The van der Waals surface area contributed by atoms with Crippen LogP contribution >= 0.6 is 15.9 Å². The zero-order valence-electron chi connectivity index (χ0n) is 11.5. The number of nitrogens with one attached hydrogen (secondary N) is 2. The number of aliphatic hydroxyl groups excluding tert-OH is 1. The van der Waals surface area contributed by atoms with Gasteiger partial charge in [-0.15, -0.1) is 0 Å². The maximum absolute atomic E-state index is 12.1. The molecule has 0 fully saturated rings. The molecule has 1 aromatic heterocycles. The largest absolute Gasteiger partial charge is 0.392 e. The quantitative estimate of drug-likeness (QED) is 0.775. The fraction of sp³-hybridized carbons (Fsp3) is 0.200. The molecule has 21 heavy (non-hydrogen) atoms. The first-order chi connectivity index (χ1) is 10.1. The molecule has 0 saturated carbocycles. The van der Waals surface area contributed by atoms with Gasteiger partial charge in [0.15, 0.2) is 0 Å². The number of aromatic nitrogens is 1. The van der Waals surface area contributed by atoms with Crippen LogP contribution in [-0.2, 0) is 0 Å². The van der Waals surface area contributed by atoms with Crippen molar-refractivity contribution in [3.63, 3.8) is 0 Å². The fourth-order valence-electron chi connectivity index (χ4n) is 1.67. The van der Waals surface area contributed by atoms with Crippen molar-refractivity contribution in [3.05, 3.63) is 52.6 Å². The van der Waals surface area contributed by atoms with Crippen LogP contribution in [0.3, 0.4) is 0 Å². The maximum atomic E-state index is 12.1. The number of pyridine rings is 1. The Morgan fingerprint density at radius 1 is 1.33 bits per heavy atom. The molecule has 1 heterocycles. The van der Waals surface area contributed by atoms with Crippen molar-refractivity contribution in [2.24, 2.45) is 0 Å². The molecule has 0 saturated heterocycles. The van der Waals surface area contributed by atoms with Crippen molar-refractivity contribution in [2.75, 3.05) is 17.2 Å². The van der Waals surface area contributed by atoms with Gasteiger partial charge >= 0.3 is 0 Å². The SMILES string of the molecule is CC(O)CNc1ccc(NC(=O)c2ccccc2Br)cn1. The highest BCUT2D eigenvalue weighted by atomic mass is 79.9. The number of anilines is 2. The average Bonchev–Trinajstić information content (AvgIpc) is 2.47. The van der Waals surface area contributed by atoms with Crippen molar-refractivity contribution in [1.82, 2.24) is 4.98 Å². The van der Waals surface area contributed by atoms with E-state index in [0.29, 0.717) is 23.6 Å². The highest BCUT2D eigenvalue weighted by Gasteiger charge is 2.09. The zero-order valence-corrected chi connectivity index (χ0v) is 13.1. The second kappa shape index (κ2) is 7.19. The van der Waals surface area contributed by atoms with E-state index in [9.17, 15) is 9.90 Å². The van der Waals surface area contributed by atoms with Gasteiger partial charge in [-0.1, -0.05) is 12.1 Å². The van der Waals surface area contributed by atoms with Crippen molar-refractivity contribution < 1.29 is 9.90 Å². The summed E-state index contributed by atoms with van der Waals surface area (Å²) in [6, 6.07) is 10.7. The lowest BCUT2D eigenvalue weighted by Gasteiger charge is -2.09. The summed E-state index contributed by atoms with van der Waals surface area (Å²) in [5, 5.41) is 15.0. The highest BCUT2D eigenvalue weighted by molar-refractivity contribution is 9.10. The molecule has 2 aromatic rings. The molecule has 0 aliphatic carbocycles. The lowest BCUT2D eigenvalue weighted by Crippen LogP contribution is -2.16. The molecule has 3 N–H and O–H groups in total. The first kappa shape index (κ1) is 15.5. The Balaban J connectivity index is 2.00. The van der Waals surface area contributed by atoms with E-state index in [1.807, 2.05) is 12.1 Å². The van der Waals surface area contributed by atoms with Gasteiger partial charge in [-0.2, -0.15) is 0 Å². The standard InChI is InChI=1S/C15H16BrN3O2/c1-10(20)8-17-14-7-6-11(9-18-14)19-15(21)12-4-2-3-5-13(12)16/h2-7,9-10,20H,8H2,1H3,(H,17,18)(H,19,21). The van der Waals surface area contributed by atoms with Crippen LogP contribution in [0.5, 0.6) is 0 Å². The average molecular weight is 350 g/mol. The number of hydrogen-bond donors (Lipinski definition) is 3. The third kappa shape index (κ3) is 4.54. The van der Waals surface area contributed by atoms with E-state index >= 15 is 0 Å². The molecule has 2 rings (SSSR count). The van der Waals surface area contributed by atoms with E-state index in [1.165, 1.54) is 0 Å². The number of carbonyl (C=O) groups is 1. The second-order valence-electron chi connectivity index (χ2n) is 4.60. The topological polar surface area (TPSA) is 74.2 Å². The number of aliphatic hydroxyl groups is 1. The first-order valence-electron chi connectivity index (χ1n) is 6.50. The van der Waals surface area contributed by atoms with Crippen molar-refractivity contribution in [2.45, 2.75) is 13.0 Å². The summed E-state index contributed by atoms with van der Waals surface area (Å²) in [6.45, 7) is 2.12. The Morgan fingerprint density at radius 3 is 2.71 bits per heavy atom. The molecule has 110 valence electrons. The molecule has 0 spiro atoms. The van der Waals surface area contributed by atoms with Crippen LogP contribution in [0.15, 0.2) is 47.1 Å². The Kier molecular flexibility index (Phi) is 5.30. The van der Waals surface area contributed by atoms with Crippen LogP contribution in [0, 0.1) is 0 Å². The Bertz CT molecular complexity index is 615. The molecule has 5 nitrogen and oxygen atoms in total. The number of nitrogens with zero attached hydrogens (tertiary/aromatic N) is 1. The highest BCUT2D eigenvalue weighted by Crippen LogP contribution is 2.18. The molecule has 0 aliphatic rings. The summed E-state index contributed by atoms with van der Waals surface area (Å²) < 4.78 is 0.741. The van der Waals surface area contributed by atoms with E-state index in [-0.39, 0.29) is 5.91 Å². The van der Waals surface area contributed by atoms with Crippen LogP contribution in [0.1, 0.15) is 17.3 Å². The Morgan fingerprint density at radius 2 is 2.10 bits per heavy atom. The van der Waals surface area contributed by atoms with Crippen LogP contribution in [0.25, 0.3) is 0 Å². The van der Waals surface area contributed by atoms with E-state index in [2.05, 4.69) is 31.5 Å². The molecule has 1 aromatic carbocycles. The van der Waals surface area contributed by atoms with E-state index in [0.717, 1.165) is 4.47 Å². The van der Waals surface area contributed by atoms with E-state index < -0.39 is 6.10 Å². The number of amides is 1. The van der Waals surface area contributed by atoms with Crippen molar-refractivity contribution >= 4 is 33.3 Å². The predicted octanol–water partition coefficient (Wildman–Crippen LogP) is 2.89. The number of rotatable bonds is 5. The lowest BCUT2D eigenvalue weighted by atomic mass is 10.2. The molecule has 6 heteroatoms. The van der Waals surface area contributed by atoms with Gasteiger partial charge in [-0.25, -0.2) is 4.98 Å². The van der Waals surface area contributed by atoms with Gasteiger partial charge in [0.05, 0.1) is 23.6 Å². The molecule has 1 atom stereocenters. The number of halogens is 1. The summed E-state index contributed by atoms with van der Waals surface area (Å²) in [5.41, 5.74) is 1.17. The Labute approximate surface area is 131 Å². The van der Waals surface area contributed by atoms with Gasteiger partial charge in [0.1, 0.15) is 5.82 Å². The monoisotopic (exact) mass is 349 g/mol. The summed E-state index contributed by atoms with van der Waals surface area (Å²) in [6.07, 6.45) is 1.13. The molecule has 0 radical (unpaired) electrons. The van der Waals surface area contributed by atoms with Gasteiger partial charge in [0.2, 0.25) is 0 Å². The van der Waals surface area contributed by atoms with E-state index in [4.69, 9.17) is 0 Å². The summed E-state index contributed by atoms with van der Waals surface area (Å²) in [7, 11) is 0. The van der Waals surface area contributed by atoms with Crippen LogP contribution in [0.4, 0.5) is 11.5 Å². The molecule has 0 bridgehead atoms. The normalized spacial score (nSPS) is 11.8. The second-order valence-corrected chi connectivity index (χ2v) is 5.45. The van der Waals surface area contributed by atoms with Gasteiger partial charge < -0.3 is 15.7 Å². The molecule has 1 unspecified atom stereocenters. The molecular formula is C15H16BrN3O2. The van der Waals surface area contributed by atoms with Crippen LogP contribution in [-0.4, -0.2) is 28.6 Å². The minimum Gasteiger partial charge on any atom is -0.392 e. The minimum absolute atomic E-state index is 0.200. The smallest absolute Gasteiger partial charge is 0.256 e. The minimum atomic E-state index is -0.443. The van der Waals surface area contributed by atoms with Gasteiger partial charge in [0, 0.05) is 11.0 Å². The Hall–Kier alpha value is -1.92. The zero-order chi connectivity index (χ0) is 15.2. The maximum Gasteiger partial charge on any atom is 0.256 e. The predicted molar refractivity (Wildman–Crippen MR) is 86.5 cm³/mol. The van der Waals surface area contributed by atoms with E-state index in [1.54, 1.807) is 37.4 Å². The van der Waals surface area contributed by atoms with Crippen LogP contribution in [0.2, 0.25) is 0 Å². The molecular weight excluding hydrogens is 334 g/mol. The van der Waals surface area contributed by atoms with Gasteiger partial charge in [-0.05, 0) is 47.1 Å². The first-order valence-corrected chi connectivity index (χ1v) is 7.29. The summed E-state index contributed by atoms with van der Waals surface area (Å²) in [5.74, 6) is 0.448. The van der Waals surface area contributed by atoms with Gasteiger partial charge in [-0.3, -0.25) is 4.79 Å².